The van der Waals surface area contributed by atoms with E-state index >= 15 is 0 Å². The average Bonchev–Trinajstić information content (AvgIpc) is 2.72. The Labute approximate surface area is 167 Å². The predicted molar refractivity (Wildman–Crippen MR) is 109 cm³/mol. The maximum absolute atomic E-state index is 13.0. The first-order chi connectivity index (χ1) is 13.8. The Morgan fingerprint density at radius 2 is 1.69 bits per heavy atom. The van der Waals surface area contributed by atoms with Crippen molar-refractivity contribution in [1.29, 1.82) is 0 Å². The standard InChI is InChI=1S/C19H22N6O4/c20-16(7-4-12-23-19(21)22)18(27)24(17(26)13-5-2-1-3-6-13)14-8-10-15(11-9-14)25(28)29/h1-3,5-6,8-11,16H,4,7,12,20H2,(H4,21,22,23)/t16-/m1/s1. The highest BCUT2D eigenvalue weighted by Gasteiger charge is 2.29. The Morgan fingerprint density at radius 3 is 2.24 bits per heavy atom. The molecule has 0 heterocycles. The molecular formula is C19H22N6O4. The van der Waals surface area contributed by atoms with Gasteiger partial charge in [-0.05, 0) is 37.1 Å². The SMILES string of the molecule is NC(N)=NCCC[C@@H](N)C(=O)N(C(=O)c1ccccc1)c1ccc([N+](=O)[O-])cc1. The van der Waals surface area contributed by atoms with E-state index in [1.165, 1.54) is 24.3 Å². The number of non-ortho nitro benzene ring substituents is 1. The fraction of sp³-hybridized carbons (Fsp3) is 0.211. The largest absolute Gasteiger partial charge is 0.370 e. The third-order valence-corrected chi connectivity index (χ3v) is 4.05. The molecule has 10 nitrogen and oxygen atoms in total. The zero-order chi connectivity index (χ0) is 21.4. The molecule has 0 aliphatic carbocycles. The summed E-state index contributed by atoms with van der Waals surface area (Å²) in [5, 5.41) is 10.9. The number of nitrogens with two attached hydrogens (primary N) is 3. The number of guanidine groups is 1. The highest BCUT2D eigenvalue weighted by molar-refractivity contribution is 6.22. The summed E-state index contributed by atoms with van der Waals surface area (Å²) >= 11 is 0. The quantitative estimate of drug-likeness (QED) is 0.197. The summed E-state index contributed by atoms with van der Waals surface area (Å²) in [4.78, 5) is 41.0. The first kappa shape index (κ1) is 21.5. The van der Waals surface area contributed by atoms with Gasteiger partial charge in [-0.2, -0.15) is 0 Å². The van der Waals surface area contributed by atoms with Crippen molar-refractivity contribution in [1.82, 2.24) is 0 Å². The van der Waals surface area contributed by atoms with Crippen molar-refractivity contribution >= 4 is 29.1 Å². The Balaban J connectivity index is 2.28. The van der Waals surface area contributed by atoms with E-state index in [0.717, 1.165) is 4.90 Å². The maximum Gasteiger partial charge on any atom is 0.269 e. The number of anilines is 1. The number of nitro groups is 1. The number of nitro benzene ring substituents is 1. The minimum absolute atomic E-state index is 0.0586. The number of rotatable bonds is 8. The Hall–Kier alpha value is -3.79. The predicted octanol–water partition coefficient (Wildman–Crippen LogP) is 1.15. The highest BCUT2D eigenvalue weighted by atomic mass is 16.6. The lowest BCUT2D eigenvalue weighted by Crippen LogP contribution is -2.47. The number of amides is 2. The zero-order valence-corrected chi connectivity index (χ0v) is 15.6. The molecule has 2 aromatic carbocycles. The number of imide groups is 1. The molecule has 0 spiro atoms. The van der Waals surface area contributed by atoms with Gasteiger partial charge in [0.2, 0.25) is 0 Å². The molecule has 0 aliphatic rings. The van der Waals surface area contributed by atoms with Crippen LogP contribution in [0, 0.1) is 10.1 Å². The van der Waals surface area contributed by atoms with Crippen LogP contribution in [-0.4, -0.2) is 35.3 Å². The van der Waals surface area contributed by atoms with E-state index in [1.54, 1.807) is 30.3 Å². The molecule has 2 aromatic rings. The molecular weight excluding hydrogens is 376 g/mol. The maximum atomic E-state index is 13.0. The second-order valence-corrected chi connectivity index (χ2v) is 6.17. The van der Waals surface area contributed by atoms with Gasteiger partial charge in [0.05, 0.1) is 16.7 Å². The van der Waals surface area contributed by atoms with Gasteiger partial charge >= 0.3 is 0 Å². The molecule has 0 aliphatic heterocycles. The smallest absolute Gasteiger partial charge is 0.269 e. The lowest BCUT2D eigenvalue weighted by Gasteiger charge is -2.24. The Morgan fingerprint density at radius 1 is 1.07 bits per heavy atom. The third kappa shape index (κ3) is 5.84. The van der Waals surface area contributed by atoms with Gasteiger partial charge in [0.1, 0.15) is 0 Å². The number of hydrogen-bond donors (Lipinski definition) is 3. The second kappa shape index (κ2) is 9.95. The fourth-order valence-electron chi connectivity index (χ4n) is 2.59. The van der Waals surface area contributed by atoms with Gasteiger partial charge in [0, 0.05) is 24.2 Å². The molecule has 0 bridgehead atoms. The van der Waals surface area contributed by atoms with E-state index in [0.29, 0.717) is 13.0 Å². The molecule has 0 unspecified atom stereocenters. The summed E-state index contributed by atoms with van der Waals surface area (Å²) in [6, 6.07) is 12.3. The van der Waals surface area contributed by atoms with Crippen LogP contribution < -0.4 is 22.1 Å². The molecule has 0 saturated heterocycles. The van der Waals surface area contributed by atoms with Crippen LogP contribution in [0.1, 0.15) is 23.2 Å². The zero-order valence-electron chi connectivity index (χ0n) is 15.6. The number of aliphatic imine (C=N–C) groups is 1. The van der Waals surface area contributed by atoms with Crippen molar-refractivity contribution in [3.63, 3.8) is 0 Å². The molecule has 0 saturated carbocycles. The van der Waals surface area contributed by atoms with E-state index in [1.807, 2.05) is 0 Å². The summed E-state index contributed by atoms with van der Waals surface area (Å²) in [7, 11) is 0. The van der Waals surface area contributed by atoms with Crippen molar-refractivity contribution in [2.75, 3.05) is 11.4 Å². The van der Waals surface area contributed by atoms with E-state index in [-0.39, 0.29) is 29.3 Å². The number of carbonyl (C=O) groups is 2. The van der Waals surface area contributed by atoms with Crippen LogP contribution in [-0.2, 0) is 4.79 Å². The van der Waals surface area contributed by atoms with Gasteiger partial charge in [-0.1, -0.05) is 18.2 Å². The minimum atomic E-state index is -0.980. The van der Waals surface area contributed by atoms with E-state index in [4.69, 9.17) is 17.2 Å². The van der Waals surface area contributed by atoms with Crippen LogP contribution in [0.15, 0.2) is 59.6 Å². The number of hydrogen-bond acceptors (Lipinski definition) is 6. The molecule has 152 valence electrons. The van der Waals surface area contributed by atoms with Crippen LogP contribution in [0.4, 0.5) is 11.4 Å². The normalized spacial score (nSPS) is 11.3. The molecule has 29 heavy (non-hydrogen) atoms. The molecule has 10 heteroatoms. The molecule has 0 aromatic heterocycles. The van der Waals surface area contributed by atoms with Crippen molar-refractivity contribution in [2.24, 2.45) is 22.2 Å². The lowest BCUT2D eigenvalue weighted by atomic mass is 10.1. The Bertz CT molecular complexity index is 895. The first-order valence-electron chi connectivity index (χ1n) is 8.80. The minimum Gasteiger partial charge on any atom is -0.370 e. The van der Waals surface area contributed by atoms with E-state index in [9.17, 15) is 19.7 Å². The van der Waals surface area contributed by atoms with Gasteiger partial charge < -0.3 is 17.2 Å². The van der Waals surface area contributed by atoms with Crippen LogP contribution >= 0.6 is 0 Å². The van der Waals surface area contributed by atoms with E-state index < -0.39 is 22.8 Å². The summed E-state index contributed by atoms with van der Waals surface area (Å²) in [5.41, 5.74) is 16.8. The number of carbonyl (C=O) groups excluding carboxylic acids is 2. The van der Waals surface area contributed by atoms with Crippen LogP contribution in [0.3, 0.4) is 0 Å². The van der Waals surface area contributed by atoms with E-state index in [2.05, 4.69) is 4.99 Å². The molecule has 0 fully saturated rings. The molecule has 1 atom stereocenters. The van der Waals surface area contributed by atoms with Crippen molar-refractivity contribution < 1.29 is 14.5 Å². The van der Waals surface area contributed by atoms with Gasteiger partial charge in [0.15, 0.2) is 5.96 Å². The van der Waals surface area contributed by atoms with Gasteiger partial charge in [-0.15, -0.1) is 0 Å². The lowest BCUT2D eigenvalue weighted by molar-refractivity contribution is -0.384. The Kier molecular flexibility index (Phi) is 7.38. The second-order valence-electron chi connectivity index (χ2n) is 6.17. The first-order valence-corrected chi connectivity index (χ1v) is 8.80. The molecule has 2 rings (SSSR count). The van der Waals surface area contributed by atoms with Crippen LogP contribution in [0.2, 0.25) is 0 Å². The van der Waals surface area contributed by atoms with Gasteiger partial charge in [-0.3, -0.25) is 24.7 Å². The fourth-order valence-corrected chi connectivity index (χ4v) is 2.59. The van der Waals surface area contributed by atoms with Gasteiger partial charge in [0.25, 0.3) is 17.5 Å². The molecule has 0 radical (unpaired) electrons. The number of benzene rings is 2. The summed E-state index contributed by atoms with van der Waals surface area (Å²) in [5.74, 6) is -1.27. The topological polar surface area (TPSA) is 171 Å². The molecule has 2 amide bonds. The van der Waals surface area contributed by atoms with Crippen molar-refractivity contribution in [2.45, 2.75) is 18.9 Å². The summed E-state index contributed by atoms with van der Waals surface area (Å²) in [6.07, 6.45) is 0.694. The molecule has 6 N–H and O–H groups in total. The summed E-state index contributed by atoms with van der Waals surface area (Å²) < 4.78 is 0. The van der Waals surface area contributed by atoms with Crippen molar-refractivity contribution in [3.8, 4) is 0 Å². The summed E-state index contributed by atoms with van der Waals surface area (Å²) in [6.45, 7) is 0.299. The number of nitrogens with zero attached hydrogens (tertiary/aromatic N) is 3. The van der Waals surface area contributed by atoms with Crippen LogP contribution in [0.5, 0.6) is 0 Å². The van der Waals surface area contributed by atoms with Crippen LogP contribution in [0.25, 0.3) is 0 Å². The van der Waals surface area contributed by atoms with Gasteiger partial charge in [-0.25, -0.2) is 4.90 Å². The third-order valence-electron chi connectivity index (χ3n) is 4.05. The average molecular weight is 398 g/mol. The van der Waals surface area contributed by atoms with Crippen molar-refractivity contribution in [3.05, 3.63) is 70.3 Å². The highest BCUT2D eigenvalue weighted by Crippen LogP contribution is 2.22. The monoisotopic (exact) mass is 398 g/mol.